The highest BCUT2D eigenvalue weighted by atomic mass is 16.5. The molecule has 4 rings (SSSR count). The van der Waals surface area contributed by atoms with Crippen LogP contribution in [0.4, 0.5) is 5.69 Å². The van der Waals surface area contributed by atoms with Crippen LogP contribution in [-0.2, 0) is 11.3 Å². The number of hydrogen-bond acceptors (Lipinski definition) is 5. The maximum absolute atomic E-state index is 12.6. The molecule has 1 fully saturated rings. The number of aromatic nitrogens is 4. The first-order valence-corrected chi connectivity index (χ1v) is 9.61. The molecule has 1 N–H and O–H groups in total. The molecule has 1 aliphatic carbocycles. The molecule has 144 valence electrons. The number of nitrogens with zero attached hydrogens (tertiary/aromatic N) is 4. The summed E-state index contributed by atoms with van der Waals surface area (Å²) in [5, 5.41) is 14.3. The summed E-state index contributed by atoms with van der Waals surface area (Å²) in [7, 11) is 0. The normalized spacial score (nSPS) is 19.1. The summed E-state index contributed by atoms with van der Waals surface area (Å²) in [6.07, 6.45) is 5.47. The van der Waals surface area contributed by atoms with Gasteiger partial charge in [-0.3, -0.25) is 4.79 Å². The Balaban J connectivity index is 1.26. The van der Waals surface area contributed by atoms with Gasteiger partial charge in [0.25, 0.3) is 0 Å². The van der Waals surface area contributed by atoms with Gasteiger partial charge in [-0.1, -0.05) is 18.2 Å². The van der Waals surface area contributed by atoms with Crippen molar-refractivity contribution in [3.63, 3.8) is 0 Å². The third-order valence-electron chi connectivity index (χ3n) is 5.16. The van der Waals surface area contributed by atoms with E-state index in [2.05, 4.69) is 20.8 Å². The molecule has 1 saturated carbocycles. The minimum absolute atomic E-state index is 0.0605. The molecular weight excluding hydrogens is 354 g/mol. The molecule has 0 spiro atoms. The Labute approximate surface area is 163 Å². The molecule has 1 heterocycles. The molecule has 28 heavy (non-hydrogen) atoms. The Morgan fingerprint density at radius 3 is 2.39 bits per heavy atom. The Morgan fingerprint density at radius 2 is 1.71 bits per heavy atom. The van der Waals surface area contributed by atoms with Gasteiger partial charge in [-0.05, 0) is 78.4 Å². The first-order valence-electron chi connectivity index (χ1n) is 9.61. The molecule has 7 heteroatoms. The highest BCUT2D eigenvalue weighted by Gasteiger charge is 2.26. The molecule has 0 atom stereocenters. The largest absolute Gasteiger partial charge is 0.457 e. The number of ether oxygens (including phenoxy) is 1. The van der Waals surface area contributed by atoms with E-state index in [1.807, 2.05) is 54.6 Å². The zero-order valence-corrected chi connectivity index (χ0v) is 15.6. The van der Waals surface area contributed by atoms with E-state index >= 15 is 0 Å². The summed E-state index contributed by atoms with van der Waals surface area (Å²) in [5.41, 5.74) is 0.793. The van der Waals surface area contributed by atoms with Gasteiger partial charge in [0.05, 0.1) is 0 Å². The van der Waals surface area contributed by atoms with Crippen LogP contribution in [-0.4, -0.2) is 26.1 Å². The number of amides is 1. The van der Waals surface area contributed by atoms with Crippen LogP contribution in [0, 0.1) is 11.8 Å². The lowest BCUT2D eigenvalue weighted by molar-refractivity contribution is -0.121. The van der Waals surface area contributed by atoms with E-state index in [-0.39, 0.29) is 11.8 Å². The summed E-state index contributed by atoms with van der Waals surface area (Å²) >= 11 is 0. The van der Waals surface area contributed by atoms with Gasteiger partial charge >= 0.3 is 0 Å². The summed E-state index contributed by atoms with van der Waals surface area (Å²) in [6, 6.07) is 17.1. The van der Waals surface area contributed by atoms with Gasteiger partial charge in [-0.2, -0.15) is 0 Å². The zero-order chi connectivity index (χ0) is 19.2. The zero-order valence-electron chi connectivity index (χ0n) is 15.6. The van der Waals surface area contributed by atoms with Crippen LogP contribution in [0.1, 0.15) is 25.7 Å². The topological polar surface area (TPSA) is 81.9 Å². The lowest BCUT2D eigenvalue weighted by Gasteiger charge is -2.27. The lowest BCUT2D eigenvalue weighted by atomic mass is 9.81. The summed E-state index contributed by atoms with van der Waals surface area (Å²) in [6.45, 7) is 0.824. The van der Waals surface area contributed by atoms with Crippen LogP contribution < -0.4 is 10.1 Å². The third kappa shape index (κ3) is 4.73. The SMILES string of the molecule is O=C(Nc1ccc(Oc2ccccc2)cc1)C1CCC(Cn2cnnn2)CC1. The molecule has 0 unspecified atom stereocenters. The maximum Gasteiger partial charge on any atom is 0.227 e. The third-order valence-corrected chi connectivity index (χ3v) is 5.16. The number of nitrogens with one attached hydrogen (secondary N) is 1. The van der Waals surface area contributed by atoms with Crippen LogP contribution >= 0.6 is 0 Å². The summed E-state index contributed by atoms with van der Waals surface area (Å²) in [5.74, 6) is 2.22. The number of para-hydroxylation sites is 1. The number of anilines is 1. The Kier molecular flexibility index (Phi) is 5.61. The molecular formula is C21H23N5O2. The molecule has 0 aliphatic heterocycles. The second kappa shape index (κ2) is 8.65. The second-order valence-corrected chi connectivity index (χ2v) is 7.18. The van der Waals surface area contributed by atoms with Gasteiger partial charge in [0.15, 0.2) is 0 Å². The Morgan fingerprint density at radius 1 is 1.00 bits per heavy atom. The standard InChI is InChI=1S/C21H23N5O2/c27-21(17-8-6-16(7-9-17)14-26-15-22-24-25-26)23-18-10-12-20(13-11-18)28-19-4-2-1-3-5-19/h1-5,10-13,15-17H,6-9,14H2,(H,23,27). The van der Waals surface area contributed by atoms with Crippen molar-refractivity contribution in [2.75, 3.05) is 5.32 Å². The molecule has 0 bridgehead atoms. The second-order valence-electron chi connectivity index (χ2n) is 7.18. The minimum atomic E-state index is 0.0605. The highest BCUT2D eigenvalue weighted by molar-refractivity contribution is 5.92. The summed E-state index contributed by atoms with van der Waals surface area (Å²) < 4.78 is 7.55. The van der Waals surface area contributed by atoms with Gasteiger partial charge in [0.1, 0.15) is 17.8 Å². The molecule has 1 amide bonds. The molecule has 2 aromatic carbocycles. The molecule has 1 aliphatic rings. The van der Waals surface area contributed by atoms with Crippen LogP contribution in [0.5, 0.6) is 11.5 Å². The van der Waals surface area contributed by atoms with Gasteiger partial charge in [0, 0.05) is 18.2 Å². The first-order chi connectivity index (χ1) is 13.8. The maximum atomic E-state index is 12.6. The minimum Gasteiger partial charge on any atom is -0.457 e. The molecule has 7 nitrogen and oxygen atoms in total. The average molecular weight is 377 g/mol. The van der Waals surface area contributed by atoms with E-state index in [1.165, 1.54) is 0 Å². The van der Waals surface area contributed by atoms with Crippen molar-refractivity contribution >= 4 is 11.6 Å². The predicted octanol–water partition coefficient (Wildman–Crippen LogP) is 3.91. The number of hydrogen-bond donors (Lipinski definition) is 1. The van der Waals surface area contributed by atoms with E-state index < -0.39 is 0 Å². The van der Waals surface area contributed by atoms with Gasteiger partial charge < -0.3 is 10.1 Å². The number of carbonyl (C=O) groups is 1. The molecule has 0 saturated heterocycles. The smallest absolute Gasteiger partial charge is 0.227 e. The first kappa shape index (κ1) is 18.2. The Hall–Kier alpha value is -3.22. The number of tetrazole rings is 1. The van der Waals surface area contributed by atoms with Crippen LogP contribution in [0.2, 0.25) is 0 Å². The fraction of sp³-hybridized carbons (Fsp3) is 0.333. The van der Waals surface area contributed by atoms with Gasteiger partial charge in [-0.25, -0.2) is 4.68 Å². The van der Waals surface area contributed by atoms with Crippen molar-refractivity contribution in [3.8, 4) is 11.5 Å². The predicted molar refractivity (Wildman–Crippen MR) is 105 cm³/mol. The monoisotopic (exact) mass is 377 g/mol. The number of rotatable bonds is 6. The van der Waals surface area contributed by atoms with Crippen molar-refractivity contribution in [3.05, 3.63) is 60.9 Å². The van der Waals surface area contributed by atoms with E-state index in [0.717, 1.165) is 49.4 Å². The van der Waals surface area contributed by atoms with E-state index in [4.69, 9.17) is 4.74 Å². The van der Waals surface area contributed by atoms with Crippen molar-refractivity contribution in [2.24, 2.45) is 11.8 Å². The summed E-state index contributed by atoms with van der Waals surface area (Å²) in [4.78, 5) is 12.6. The molecule has 0 radical (unpaired) electrons. The van der Waals surface area contributed by atoms with Crippen LogP contribution in [0.15, 0.2) is 60.9 Å². The van der Waals surface area contributed by atoms with Crippen molar-refractivity contribution < 1.29 is 9.53 Å². The fourth-order valence-corrected chi connectivity index (χ4v) is 3.61. The van der Waals surface area contributed by atoms with Crippen molar-refractivity contribution in [1.82, 2.24) is 20.2 Å². The van der Waals surface area contributed by atoms with Crippen molar-refractivity contribution in [2.45, 2.75) is 32.2 Å². The highest BCUT2D eigenvalue weighted by Crippen LogP contribution is 2.31. The fourth-order valence-electron chi connectivity index (χ4n) is 3.61. The Bertz CT molecular complexity index is 873. The number of carbonyl (C=O) groups excluding carboxylic acids is 1. The average Bonchev–Trinajstić information content (AvgIpc) is 3.24. The van der Waals surface area contributed by atoms with Crippen LogP contribution in [0.3, 0.4) is 0 Å². The van der Waals surface area contributed by atoms with E-state index in [1.54, 1.807) is 11.0 Å². The lowest BCUT2D eigenvalue weighted by Crippen LogP contribution is -2.28. The van der Waals surface area contributed by atoms with E-state index in [9.17, 15) is 4.79 Å². The van der Waals surface area contributed by atoms with Gasteiger partial charge in [-0.15, -0.1) is 5.10 Å². The van der Waals surface area contributed by atoms with Crippen molar-refractivity contribution in [1.29, 1.82) is 0 Å². The van der Waals surface area contributed by atoms with Crippen LogP contribution in [0.25, 0.3) is 0 Å². The van der Waals surface area contributed by atoms with Gasteiger partial charge in [0.2, 0.25) is 5.91 Å². The van der Waals surface area contributed by atoms with E-state index in [0.29, 0.717) is 5.92 Å². The quantitative estimate of drug-likeness (QED) is 0.704. The molecule has 3 aromatic rings. The number of benzene rings is 2. The molecule has 1 aromatic heterocycles.